The molecule has 4 atom stereocenters. The van der Waals surface area contributed by atoms with Gasteiger partial charge in [0.15, 0.2) is 0 Å². The van der Waals surface area contributed by atoms with Gasteiger partial charge in [-0.1, -0.05) is 6.92 Å². The molecule has 2 rings (SSSR count). The summed E-state index contributed by atoms with van der Waals surface area (Å²) in [6.07, 6.45) is 2.58. The Hall–Kier alpha value is 0.1000. The SMILES string of the molecule is CC1CCN(C(c2cc(Br)cs2)C(C)N)C(C)C1. The van der Waals surface area contributed by atoms with Crippen molar-refractivity contribution in [3.05, 3.63) is 20.8 Å². The number of hydrogen-bond acceptors (Lipinski definition) is 3. The molecule has 1 fully saturated rings. The molecule has 0 aliphatic carbocycles. The largest absolute Gasteiger partial charge is 0.326 e. The Morgan fingerprint density at radius 2 is 2.22 bits per heavy atom. The van der Waals surface area contributed by atoms with Crippen molar-refractivity contribution in [3.8, 4) is 0 Å². The third-order valence-corrected chi connectivity index (χ3v) is 5.69. The van der Waals surface area contributed by atoms with Crippen molar-refractivity contribution in [1.82, 2.24) is 4.90 Å². The zero-order chi connectivity index (χ0) is 13.3. The number of nitrogens with two attached hydrogens (primary N) is 1. The fourth-order valence-electron chi connectivity index (χ4n) is 3.05. The van der Waals surface area contributed by atoms with Crippen LogP contribution >= 0.6 is 27.3 Å². The molecule has 0 bridgehead atoms. The molecule has 0 amide bonds. The van der Waals surface area contributed by atoms with E-state index in [-0.39, 0.29) is 6.04 Å². The molecule has 2 N–H and O–H groups in total. The molecule has 2 heterocycles. The van der Waals surface area contributed by atoms with Crippen molar-refractivity contribution in [2.24, 2.45) is 11.7 Å². The average Bonchev–Trinajstić information content (AvgIpc) is 2.68. The van der Waals surface area contributed by atoms with Crippen molar-refractivity contribution >= 4 is 27.3 Å². The highest BCUT2D eigenvalue weighted by atomic mass is 79.9. The van der Waals surface area contributed by atoms with Crippen LogP contribution in [0.3, 0.4) is 0 Å². The van der Waals surface area contributed by atoms with Gasteiger partial charge >= 0.3 is 0 Å². The lowest BCUT2D eigenvalue weighted by Crippen LogP contribution is -2.47. The van der Waals surface area contributed by atoms with Gasteiger partial charge in [-0.2, -0.15) is 0 Å². The van der Waals surface area contributed by atoms with Crippen LogP contribution in [0.5, 0.6) is 0 Å². The number of halogens is 1. The third kappa shape index (κ3) is 3.16. The van der Waals surface area contributed by atoms with Crippen molar-refractivity contribution in [2.75, 3.05) is 6.54 Å². The molecule has 1 saturated heterocycles. The van der Waals surface area contributed by atoms with E-state index in [0.29, 0.717) is 12.1 Å². The Morgan fingerprint density at radius 1 is 1.50 bits per heavy atom. The summed E-state index contributed by atoms with van der Waals surface area (Å²) in [5.74, 6) is 0.847. The predicted octanol–water partition coefficient (Wildman–Crippen LogP) is 4.02. The van der Waals surface area contributed by atoms with Crippen LogP contribution in [0.1, 0.15) is 44.5 Å². The summed E-state index contributed by atoms with van der Waals surface area (Å²) in [5, 5.41) is 2.15. The van der Waals surface area contributed by atoms with Gasteiger partial charge in [-0.05, 0) is 61.1 Å². The van der Waals surface area contributed by atoms with E-state index in [0.717, 1.165) is 5.92 Å². The molecule has 2 nitrogen and oxygen atoms in total. The average molecular weight is 331 g/mol. The number of likely N-dealkylation sites (tertiary alicyclic amines) is 1. The summed E-state index contributed by atoms with van der Waals surface area (Å²) in [6.45, 7) is 8.00. The first kappa shape index (κ1) is 14.5. The van der Waals surface area contributed by atoms with Gasteiger partial charge < -0.3 is 5.73 Å². The van der Waals surface area contributed by atoms with E-state index >= 15 is 0 Å². The quantitative estimate of drug-likeness (QED) is 0.906. The van der Waals surface area contributed by atoms with Crippen LogP contribution in [0.15, 0.2) is 15.9 Å². The van der Waals surface area contributed by atoms with Gasteiger partial charge in [-0.3, -0.25) is 4.90 Å². The minimum absolute atomic E-state index is 0.173. The third-order valence-electron chi connectivity index (χ3n) is 3.92. The standard InChI is InChI=1S/C14H23BrN2S/c1-9-4-5-17(10(2)6-9)14(11(3)16)13-7-12(15)8-18-13/h7-11,14H,4-6,16H2,1-3H3. The Bertz CT molecular complexity index is 391. The molecule has 0 spiro atoms. The number of piperidine rings is 1. The van der Waals surface area contributed by atoms with Crippen LogP contribution in [0.2, 0.25) is 0 Å². The summed E-state index contributed by atoms with van der Waals surface area (Å²) < 4.78 is 1.17. The lowest BCUT2D eigenvalue weighted by molar-refractivity contribution is 0.0725. The monoisotopic (exact) mass is 330 g/mol. The van der Waals surface area contributed by atoms with Gasteiger partial charge in [-0.25, -0.2) is 0 Å². The van der Waals surface area contributed by atoms with Gasteiger partial charge in [0, 0.05) is 26.8 Å². The lowest BCUT2D eigenvalue weighted by Gasteiger charge is -2.43. The minimum Gasteiger partial charge on any atom is -0.326 e. The highest BCUT2D eigenvalue weighted by Crippen LogP contribution is 2.36. The van der Waals surface area contributed by atoms with Gasteiger partial charge in [0.2, 0.25) is 0 Å². The van der Waals surface area contributed by atoms with E-state index in [1.165, 1.54) is 28.7 Å². The summed E-state index contributed by atoms with van der Waals surface area (Å²) in [5.41, 5.74) is 6.26. The Balaban J connectivity index is 2.20. The first-order valence-corrected chi connectivity index (χ1v) is 8.41. The molecular formula is C14H23BrN2S. The number of rotatable bonds is 3. The van der Waals surface area contributed by atoms with Crippen LogP contribution in [0.25, 0.3) is 0 Å². The van der Waals surface area contributed by atoms with E-state index in [4.69, 9.17) is 5.73 Å². The topological polar surface area (TPSA) is 29.3 Å². The predicted molar refractivity (Wildman–Crippen MR) is 83.0 cm³/mol. The van der Waals surface area contributed by atoms with Crippen LogP contribution < -0.4 is 5.73 Å². The molecule has 18 heavy (non-hydrogen) atoms. The second kappa shape index (κ2) is 6.04. The highest BCUT2D eigenvalue weighted by molar-refractivity contribution is 9.10. The first-order valence-electron chi connectivity index (χ1n) is 6.74. The van der Waals surface area contributed by atoms with E-state index in [1.54, 1.807) is 0 Å². The molecule has 1 aliphatic heterocycles. The molecule has 0 radical (unpaired) electrons. The molecule has 1 aromatic rings. The number of nitrogens with zero attached hydrogens (tertiary/aromatic N) is 1. The van der Waals surface area contributed by atoms with E-state index in [1.807, 2.05) is 11.3 Å². The maximum Gasteiger partial charge on any atom is 0.0593 e. The van der Waals surface area contributed by atoms with Crippen molar-refractivity contribution in [2.45, 2.75) is 51.7 Å². The summed E-state index contributed by atoms with van der Waals surface area (Å²) in [4.78, 5) is 3.99. The van der Waals surface area contributed by atoms with Crippen LogP contribution in [0, 0.1) is 5.92 Å². The second-order valence-corrected chi connectivity index (χ2v) is 7.55. The summed E-state index contributed by atoms with van der Waals surface area (Å²) >= 11 is 5.36. The zero-order valence-corrected chi connectivity index (χ0v) is 13.8. The minimum atomic E-state index is 0.173. The van der Waals surface area contributed by atoms with Crippen LogP contribution in [0.4, 0.5) is 0 Å². The maximum atomic E-state index is 6.26. The van der Waals surface area contributed by atoms with Gasteiger partial charge in [-0.15, -0.1) is 11.3 Å². The fourth-order valence-corrected chi connectivity index (χ4v) is 4.73. The molecule has 102 valence electrons. The summed E-state index contributed by atoms with van der Waals surface area (Å²) in [6, 6.07) is 3.39. The number of thiophene rings is 1. The van der Waals surface area contributed by atoms with Gasteiger partial charge in [0.25, 0.3) is 0 Å². The molecular weight excluding hydrogens is 308 g/mol. The molecule has 0 saturated carbocycles. The molecule has 4 unspecified atom stereocenters. The smallest absolute Gasteiger partial charge is 0.0593 e. The van der Waals surface area contributed by atoms with Gasteiger partial charge in [0.05, 0.1) is 6.04 Å². The molecule has 1 aliphatic rings. The van der Waals surface area contributed by atoms with Crippen molar-refractivity contribution < 1.29 is 0 Å². The second-order valence-electron chi connectivity index (χ2n) is 5.69. The fraction of sp³-hybridized carbons (Fsp3) is 0.714. The Labute approximate surface area is 123 Å². The first-order chi connectivity index (χ1) is 8.49. The van der Waals surface area contributed by atoms with Crippen molar-refractivity contribution in [1.29, 1.82) is 0 Å². The van der Waals surface area contributed by atoms with Crippen molar-refractivity contribution in [3.63, 3.8) is 0 Å². The van der Waals surface area contributed by atoms with Crippen LogP contribution in [-0.2, 0) is 0 Å². The normalized spacial score (nSPS) is 29.2. The Morgan fingerprint density at radius 3 is 2.72 bits per heavy atom. The number of hydrogen-bond donors (Lipinski definition) is 1. The molecule has 1 aromatic heterocycles. The molecule has 0 aromatic carbocycles. The maximum absolute atomic E-state index is 6.26. The highest BCUT2D eigenvalue weighted by Gasteiger charge is 2.32. The lowest BCUT2D eigenvalue weighted by atomic mass is 9.90. The van der Waals surface area contributed by atoms with E-state index < -0.39 is 0 Å². The summed E-state index contributed by atoms with van der Waals surface area (Å²) in [7, 11) is 0. The Kier molecular flexibility index (Phi) is 4.86. The van der Waals surface area contributed by atoms with Crippen LogP contribution in [-0.4, -0.2) is 23.5 Å². The van der Waals surface area contributed by atoms with Gasteiger partial charge in [0.1, 0.15) is 0 Å². The van der Waals surface area contributed by atoms with E-state index in [2.05, 4.69) is 53.0 Å². The zero-order valence-electron chi connectivity index (χ0n) is 11.4. The molecule has 4 heteroatoms. The van der Waals surface area contributed by atoms with E-state index in [9.17, 15) is 0 Å².